The number of hydrogen-bond acceptors (Lipinski definition) is 1. The quantitative estimate of drug-likeness (QED) is 0.661. The van der Waals surface area contributed by atoms with Gasteiger partial charge in [0.05, 0.1) is 6.61 Å². The predicted molar refractivity (Wildman–Crippen MR) is 51.2 cm³/mol. The molecular formula is C11H12F2O. The molecule has 0 saturated carbocycles. The molecule has 1 aromatic carbocycles. The van der Waals surface area contributed by atoms with E-state index in [1.54, 1.807) is 0 Å². The Kier molecular flexibility index (Phi) is 3.77. The van der Waals surface area contributed by atoms with Crippen LogP contribution in [0.4, 0.5) is 8.78 Å². The predicted octanol–water partition coefficient (Wildman–Crippen LogP) is 3.02. The first kappa shape index (κ1) is 10.9. The second-order valence-corrected chi connectivity index (χ2v) is 2.94. The van der Waals surface area contributed by atoms with Crippen molar-refractivity contribution in [3.63, 3.8) is 0 Å². The summed E-state index contributed by atoms with van der Waals surface area (Å²) in [6, 6.07) is 9.19. The molecule has 0 spiro atoms. The second-order valence-electron chi connectivity index (χ2n) is 2.94. The average Bonchev–Trinajstić information content (AvgIpc) is 2.19. The van der Waals surface area contributed by atoms with Gasteiger partial charge >= 0.3 is 0 Å². The van der Waals surface area contributed by atoms with E-state index in [0.717, 1.165) is 5.56 Å². The molecule has 0 saturated heterocycles. The summed E-state index contributed by atoms with van der Waals surface area (Å²) in [6.45, 7) is 2.61. The maximum atomic E-state index is 12.6. The maximum Gasteiger partial charge on any atom is 0.289 e. The molecule has 0 radical (unpaired) electrons. The Balaban J connectivity index is 2.32. The fourth-order valence-electron chi connectivity index (χ4n) is 0.938. The minimum absolute atomic E-state index is 0.199. The van der Waals surface area contributed by atoms with Crippen molar-refractivity contribution >= 4 is 0 Å². The maximum absolute atomic E-state index is 12.6. The number of ether oxygens (including phenoxy) is 1. The Bertz CT molecular complexity index is 283. The summed E-state index contributed by atoms with van der Waals surface area (Å²) in [5.74, 6) is -2.94. The van der Waals surface area contributed by atoms with Crippen LogP contribution in [0.2, 0.25) is 0 Å². The molecule has 0 unspecified atom stereocenters. The van der Waals surface area contributed by atoms with E-state index in [1.807, 2.05) is 30.3 Å². The van der Waals surface area contributed by atoms with E-state index >= 15 is 0 Å². The zero-order valence-electron chi connectivity index (χ0n) is 7.75. The first-order valence-electron chi connectivity index (χ1n) is 4.27. The Morgan fingerprint density at radius 3 is 2.50 bits per heavy atom. The lowest BCUT2D eigenvalue weighted by Gasteiger charge is -2.11. The van der Waals surface area contributed by atoms with Crippen LogP contribution in [0.5, 0.6) is 0 Å². The van der Waals surface area contributed by atoms with E-state index in [9.17, 15) is 8.78 Å². The van der Waals surface area contributed by atoms with Crippen LogP contribution in [0.3, 0.4) is 0 Å². The van der Waals surface area contributed by atoms with Gasteiger partial charge in [0.15, 0.2) is 0 Å². The first-order valence-corrected chi connectivity index (χ1v) is 4.27. The number of alkyl halides is 2. The third-order valence-corrected chi connectivity index (χ3v) is 1.70. The van der Waals surface area contributed by atoms with E-state index in [4.69, 9.17) is 4.74 Å². The Hall–Kier alpha value is -1.22. The second kappa shape index (κ2) is 4.86. The Labute approximate surface area is 82.0 Å². The molecule has 0 N–H and O–H groups in total. The summed E-state index contributed by atoms with van der Waals surface area (Å²) in [5, 5.41) is 0. The van der Waals surface area contributed by atoms with E-state index < -0.39 is 12.5 Å². The third-order valence-electron chi connectivity index (χ3n) is 1.70. The molecule has 1 rings (SSSR count). The smallest absolute Gasteiger partial charge is 0.289 e. The summed E-state index contributed by atoms with van der Waals surface area (Å²) in [5.41, 5.74) is 0.882. The van der Waals surface area contributed by atoms with Crippen LogP contribution in [0.15, 0.2) is 43.0 Å². The van der Waals surface area contributed by atoms with Crippen LogP contribution in [0.25, 0.3) is 0 Å². The van der Waals surface area contributed by atoms with Crippen molar-refractivity contribution in [1.29, 1.82) is 0 Å². The molecule has 0 aliphatic carbocycles. The van der Waals surface area contributed by atoms with E-state index in [-0.39, 0.29) is 6.61 Å². The number of halogens is 2. The lowest BCUT2D eigenvalue weighted by Crippen LogP contribution is -2.20. The third kappa shape index (κ3) is 3.66. The molecule has 14 heavy (non-hydrogen) atoms. The van der Waals surface area contributed by atoms with Gasteiger partial charge < -0.3 is 4.74 Å². The molecule has 76 valence electrons. The average molecular weight is 198 g/mol. The van der Waals surface area contributed by atoms with Crippen LogP contribution in [-0.2, 0) is 11.3 Å². The summed E-state index contributed by atoms with van der Waals surface area (Å²) < 4.78 is 30.1. The topological polar surface area (TPSA) is 9.23 Å². The molecule has 3 heteroatoms. The van der Waals surface area contributed by atoms with Crippen LogP contribution in [0.1, 0.15) is 5.56 Å². The highest BCUT2D eigenvalue weighted by atomic mass is 19.3. The van der Waals surface area contributed by atoms with Gasteiger partial charge in [-0.3, -0.25) is 0 Å². The van der Waals surface area contributed by atoms with E-state index in [1.165, 1.54) is 0 Å². The first-order chi connectivity index (χ1) is 6.64. The molecule has 0 aliphatic heterocycles. The summed E-state index contributed by atoms with van der Waals surface area (Å²) in [6.07, 6.45) is 0.595. The van der Waals surface area contributed by atoms with Gasteiger partial charge in [0, 0.05) is 0 Å². The molecule has 1 nitrogen and oxygen atoms in total. The van der Waals surface area contributed by atoms with Crippen molar-refractivity contribution < 1.29 is 13.5 Å². The standard InChI is InChI=1S/C11H12F2O/c1-2-11(12,13)9-14-8-10-6-4-3-5-7-10/h2-7H,1,8-9H2. The highest BCUT2D eigenvalue weighted by Crippen LogP contribution is 2.15. The summed E-state index contributed by atoms with van der Waals surface area (Å²) in [7, 11) is 0. The molecule has 0 bridgehead atoms. The van der Waals surface area contributed by atoms with Crippen LogP contribution < -0.4 is 0 Å². The summed E-state index contributed by atoms with van der Waals surface area (Å²) >= 11 is 0. The zero-order valence-corrected chi connectivity index (χ0v) is 7.75. The molecule has 1 aromatic rings. The number of hydrogen-bond donors (Lipinski definition) is 0. The number of benzene rings is 1. The van der Waals surface area contributed by atoms with Gasteiger partial charge in [-0.2, -0.15) is 8.78 Å². The van der Waals surface area contributed by atoms with Crippen molar-refractivity contribution in [2.24, 2.45) is 0 Å². The SMILES string of the molecule is C=CC(F)(F)COCc1ccccc1. The van der Waals surface area contributed by atoms with Crippen LogP contribution in [0, 0.1) is 0 Å². The van der Waals surface area contributed by atoms with Gasteiger partial charge in [0.2, 0.25) is 0 Å². The molecular weight excluding hydrogens is 186 g/mol. The molecule has 0 aromatic heterocycles. The van der Waals surface area contributed by atoms with Gasteiger partial charge in [-0.25, -0.2) is 0 Å². The minimum Gasteiger partial charge on any atom is -0.370 e. The van der Waals surface area contributed by atoms with Crippen molar-refractivity contribution in [3.05, 3.63) is 48.6 Å². The highest BCUT2D eigenvalue weighted by Gasteiger charge is 2.23. The molecule has 0 atom stereocenters. The molecule has 0 amide bonds. The molecule has 0 heterocycles. The Morgan fingerprint density at radius 1 is 1.29 bits per heavy atom. The van der Waals surface area contributed by atoms with Crippen LogP contribution >= 0.6 is 0 Å². The number of rotatable bonds is 5. The monoisotopic (exact) mass is 198 g/mol. The van der Waals surface area contributed by atoms with Crippen molar-refractivity contribution in [3.8, 4) is 0 Å². The fourth-order valence-corrected chi connectivity index (χ4v) is 0.938. The molecule has 0 fully saturated rings. The minimum atomic E-state index is -2.94. The van der Waals surface area contributed by atoms with Crippen LogP contribution in [-0.4, -0.2) is 12.5 Å². The van der Waals surface area contributed by atoms with Gasteiger partial charge in [-0.1, -0.05) is 36.9 Å². The van der Waals surface area contributed by atoms with Gasteiger partial charge in [-0.05, 0) is 11.6 Å². The van der Waals surface area contributed by atoms with Crippen molar-refractivity contribution in [2.45, 2.75) is 12.5 Å². The largest absolute Gasteiger partial charge is 0.370 e. The van der Waals surface area contributed by atoms with E-state index in [2.05, 4.69) is 6.58 Å². The van der Waals surface area contributed by atoms with Gasteiger partial charge in [0.1, 0.15) is 6.61 Å². The lowest BCUT2D eigenvalue weighted by molar-refractivity contribution is -0.0454. The summed E-state index contributed by atoms with van der Waals surface area (Å²) in [4.78, 5) is 0. The molecule has 0 aliphatic rings. The van der Waals surface area contributed by atoms with E-state index in [0.29, 0.717) is 6.08 Å². The Morgan fingerprint density at radius 2 is 1.93 bits per heavy atom. The van der Waals surface area contributed by atoms with Crippen molar-refractivity contribution in [1.82, 2.24) is 0 Å². The van der Waals surface area contributed by atoms with Crippen molar-refractivity contribution in [2.75, 3.05) is 6.61 Å². The van der Waals surface area contributed by atoms with Gasteiger partial charge in [0.25, 0.3) is 5.92 Å². The fraction of sp³-hybridized carbons (Fsp3) is 0.273. The van der Waals surface area contributed by atoms with Gasteiger partial charge in [-0.15, -0.1) is 0 Å². The highest BCUT2D eigenvalue weighted by molar-refractivity contribution is 5.13. The lowest BCUT2D eigenvalue weighted by atomic mass is 10.2. The normalized spacial score (nSPS) is 11.3. The zero-order chi connectivity index (χ0) is 10.4.